The molecule has 9 nitrogen and oxygen atoms in total. The largest absolute Gasteiger partial charge is 0.356 e. The number of carbonyl (C=O) groups excluding carboxylic acids is 2. The van der Waals surface area contributed by atoms with Gasteiger partial charge in [-0.1, -0.05) is 6.07 Å². The Hall–Kier alpha value is -2.81. The maximum atomic E-state index is 12.9. The minimum atomic E-state index is -0.758. The second-order valence-corrected chi connectivity index (χ2v) is 7.07. The van der Waals surface area contributed by atoms with E-state index in [0.29, 0.717) is 13.0 Å². The van der Waals surface area contributed by atoms with Gasteiger partial charge in [-0.15, -0.1) is 10.2 Å². The molecule has 2 fully saturated rings. The van der Waals surface area contributed by atoms with E-state index >= 15 is 0 Å². The zero-order chi connectivity index (χ0) is 19.5. The van der Waals surface area contributed by atoms with Gasteiger partial charge < -0.3 is 19.5 Å². The first kappa shape index (κ1) is 18.5. The van der Waals surface area contributed by atoms with E-state index in [-0.39, 0.29) is 24.5 Å². The van der Waals surface area contributed by atoms with Gasteiger partial charge in [0.1, 0.15) is 18.8 Å². The summed E-state index contributed by atoms with van der Waals surface area (Å²) in [7, 11) is 0. The predicted molar refractivity (Wildman–Crippen MR) is 99.0 cm³/mol. The minimum Gasteiger partial charge on any atom is -0.356 e. The van der Waals surface area contributed by atoms with Crippen LogP contribution in [0.5, 0.6) is 0 Å². The molecule has 1 N–H and O–H groups in total. The Morgan fingerprint density at radius 1 is 1.39 bits per heavy atom. The molecule has 4 rings (SSSR count). The molecule has 2 aromatic heterocycles. The lowest BCUT2D eigenvalue weighted by Crippen LogP contribution is -2.55. The molecule has 0 spiro atoms. The average Bonchev–Trinajstić information content (AvgIpc) is 3.46. The number of rotatable bonds is 7. The van der Waals surface area contributed by atoms with Gasteiger partial charge in [-0.2, -0.15) is 0 Å². The van der Waals surface area contributed by atoms with Crippen molar-refractivity contribution in [3.63, 3.8) is 0 Å². The summed E-state index contributed by atoms with van der Waals surface area (Å²) in [6.45, 7) is 3.15. The first-order chi connectivity index (χ1) is 13.7. The van der Waals surface area contributed by atoms with Gasteiger partial charge in [-0.05, 0) is 31.4 Å². The Morgan fingerprint density at radius 3 is 2.96 bits per heavy atom. The van der Waals surface area contributed by atoms with Gasteiger partial charge in [0, 0.05) is 37.9 Å². The van der Waals surface area contributed by atoms with Crippen LogP contribution in [0.15, 0.2) is 30.9 Å². The molecule has 0 bridgehead atoms. The first-order valence-electron chi connectivity index (χ1n) is 9.66. The molecule has 2 aromatic rings. The molecule has 0 unspecified atom stereocenters. The molecule has 2 atom stereocenters. The number of aryl methyl sites for hydroxylation is 1. The summed E-state index contributed by atoms with van der Waals surface area (Å²) in [6, 6.07) is 3.42. The number of nitrogens with one attached hydrogen (secondary N) is 1. The lowest BCUT2D eigenvalue weighted by Gasteiger charge is -2.40. The molecule has 1 saturated carbocycles. The van der Waals surface area contributed by atoms with Crippen LogP contribution >= 0.6 is 0 Å². The van der Waals surface area contributed by atoms with E-state index < -0.39 is 12.1 Å². The lowest BCUT2D eigenvalue weighted by atomic mass is 9.98. The Kier molecular flexibility index (Phi) is 5.34. The summed E-state index contributed by atoms with van der Waals surface area (Å²) >= 11 is 0. The number of hydrogen-bond donors (Lipinski definition) is 1. The number of ether oxygens (including phenoxy) is 1. The number of aromatic nitrogens is 4. The van der Waals surface area contributed by atoms with Crippen molar-refractivity contribution in [1.29, 1.82) is 0 Å². The summed E-state index contributed by atoms with van der Waals surface area (Å²) in [4.78, 5) is 31.4. The van der Waals surface area contributed by atoms with Gasteiger partial charge in [-0.3, -0.25) is 14.6 Å². The first-order valence-corrected chi connectivity index (χ1v) is 9.66. The topological polar surface area (TPSA) is 102 Å². The van der Waals surface area contributed by atoms with Crippen molar-refractivity contribution < 1.29 is 14.3 Å². The number of hydrogen-bond acceptors (Lipinski definition) is 6. The third-order valence-electron chi connectivity index (χ3n) is 5.17. The normalized spacial score (nSPS) is 22.3. The molecule has 1 aliphatic carbocycles. The summed E-state index contributed by atoms with van der Waals surface area (Å²) in [5.41, 5.74) is 0.813. The lowest BCUT2D eigenvalue weighted by molar-refractivity contribution is -0.165. The third-order valence-corrected chi connectivity index (χ3v) is 5.17. The second kappa shape index (κ2) is 8.05. The molecule has 28 heavy (non-hydrogen) atoms. The van der Waals surface area contributed by atoms with Crippen LogP contribution in [0.25, 0.3) is 0 Å². The van der Waals surface area contributed by atoms with Crippen molar-refractivity contribution in [3.05, 3.63) is 42.2 Å². The van der Waals surface area contributed by atoms with Crippen molar-refractivity contribution >= 4 is 11.8 Å². The fourth-order valence-corrected chi connectivity index (χ4v) is 3.65. The van der Waals surface area contributed by atoms with E-state index in [9.17, 15) is 9.59 Å². The standard InChI is InChI=1S/C19H24N6O3/c1-2-24-12-22-23-15(24)7-9-21-19(27)18-17(13-4-3-8-20-10-13)25(14-5-6-14)16(26)11-28-18/h3-4,8,10,12,14,17-18H,2,5-7,9,11H2,1H3,(H,21,27)/t17-,18+/m1/s1. The van der Waals surface area contributed by atoms with E-state index in [1.54, 1.807) is 18.7 Å². The number of morpholine rings is 1. The minimum absolute atomic E-state index is 0.0727. The monoisotopic (exact) mass is 384 g/mol. The molecule has 3 heterocycles. The van der Waals surface area contributed by atoms with Crippen molar-refractivity contribution in [2.24, 2.45) is 0 Å². The van der Waals surface area contributed by atoms with Gasteiger partial charge in [0.15, 0.2) is 6.10 Å². The van der Waals surface area contributed by atoms with E-state index in [1.165, 1.54) is 0 Å². The molecule has 2 aliphatic rings. The second-order valence-electron chi connectivity index (χ2n) is 7.07. The molecule has 0 aromatic carbocycles. The van der Waals surface area contributed by atoms with Crippen molar-refractivity contribution in [2.75, 3.05) is 13.2 Å². The van der Waals surface area contributed by atoms with Crippen molar-refractivity contribution in [2.45, 2.75) is 50.9 Å². The highest BCUT2D eigenvalue weighted by Crippen LogP contribution is 2.39. The number of carbonyl (C=O) groups is 2. The van der Waals surface area contributed by atoms with E-state index in [2.05, 4.69) is 20.5 Å². The van der Waals surface area contributed by atoms with Crippen LogP contribution in [0.3, 0.4) is 0 Å². The fraction of sp³-hybridized carbons (Fsp3) is 0.526. The molecule has 9 heteroatoms. The highest BCUT2D eigenvalue weighted by molar-refractivity contribution is 5.86. The van der Waals surface area contributed by atoms with Gasteiger partial charge in [0.05, 0.1) is 6.04 Å². The number of amides is 2. The van der Waals surface area contributed by atoms with Crippen LogP contribution in [-0.2, 0) is 27.3 Å². The Morgan fingerprint density at radius 2 is 2.25 bits per heavy atom. The zero-order valence-electron chi connectivity index (χ0n) is 15.8. The summed E-state index contributed by atoms with van der Waals surface area (Å²) in [5, 5.41) is 10.9. The Balaban J connectivity index is 1.47. The highest BCUT2D eigenvalue weighted by atomic mass is 16.5. The molecule has 1 saturated heterocycles. The summed E-state index contributed by atoms with van der Waals surface area (Å²) in [5.74, 6) is 0.525. The van der Waals surface area contributed by atoms with Gasteiger partial charge in [0.2, 0.25) is 5.91 Å². The molecule has 2 amide bonds. The summed E-state index contributed by atoms with van der Waals surface area (Å²) < 4.78 is 7.64. The van der Waals surface area contributed by atoms with Crippen LogP contribution in [0.4, 0.5) is 0 Å². The van der Waals surface area contributed by atoms with E-state index in [0.717, 1.165) is 30.8 Å². The Bertz CT molecular complexity index is 835. The highest BCUT2D eigenvalue weighted by Gasteiger charge is 2.47. The quantitative estimate of drug-likeness (QED) is 0.745. The fourth-order valence-electron chi connectivity index (χ4n) is 3.65. The van der Waals surface area contributed by atoms with Gasteiger partial charge in [-0.25, -0.2) is 0 Å². The van der Waals surface area contributed by atoms with Crippen molar-refractivity contribution in [1.82, 2.24) is 30.0 Å². The van der Waals surface area contributed by atoms with Gasteiger partial charge in [0.25, 0.3) is 5.91 Å². The molecule has 148 valence electrons. The average molecular weight is 384 g/mol. The third kappa shape index (κ3) is 3.75. The molecule has 1 aliphatic heterocycles. The summed E-state index contributed by atoms with van der Waals surface area (Å²) in [6.07, 6.45) is 6.80. The molecular formula is C19H24N6O3. The maximum Gasteiger partial charge on any atom is 0.251 e. The molecule has 0 radical (unpaired) electrons. The van der Waals surface area contributed by atoms with Crippen LogP contribution in [0, 0.1) is 0 Å². The van der Waals surface area contributed by atoms with Crippen molar-refractivity contribution in [3.8, 4) is 0 Å². The van der Waals surface area contributed by atoms with Crippen LogP contribution in [0.2, 0.25) is 0 Å². The SMILES string of the molecule is CCn1cnnc1CCNC(=O)[C@H]1OCC(=O)N(C2CC2)[C@@H]1c1cccnc1. The number of pyridine rings is 1. The number of nitrogens with zero attached hydrogens (tertiary/aromatic N) is 5. The van der Waals surface area contributed by atoms with Crippen LogP contribution in [0.1, 0.15) is 37.2 Å². The van der Waals surface area contributed by atoms with Crippen LogP contribution in [-0.4, -0.2) is 61.8 Å². The molecular weight excluding hydrogens is 360 g/mol. The Labute approximate surface area is 163 Å². The zero-order valence-corrected chi connectivity index (χ0v) is 15.8. The van der Waals surface area contributed by atoms with Gasteiger partial charge >= 0.3 is 0 Å². The van der Waals surface area contributed by atoms with E-state index in [4.69, 9.17) is 4.74 Å². The smallest absolute Gasteiger partial charge is 0.251 e. The maximum absolute atomic E-state index is 12.9. The van der Waals surface area contributed by atoms with E-state index in [1.807, 2.05) is 28.5 Å². The van der Waals surface area contributed by atoms with Crippen LogP contribution < -0.4 is 5.32 Å². The predicted octanol–water partition coefficient (Wildman–Crippen LogP) is 0.483.